The quantitative estimate of drug-likeness (QED) is 0.805. The van der Waals surface area contributed by atoms with E-state index in [1.165, 1.54) is 24.3 Å². The first-order valence-corrected chi connectivity index (χ1v) is 8.26. The minimum atomic E-state index is -4.72. The number of halogens is 3. The number of nitriles is 1. The van der Waals surface area contributed by atoms with Crippen LogP contribution < -0.4 is 5.32 Å². The van der Waals surface area contributed by atoms with Crippen LogP contribution in [0.1, 0.15) is 36.1 Å². The Morgan fingerprint density at radius 1 is 1.29 bits per heavy atom. The number of hydrogen-bond donors (Lipinski definition) is 2. The summed E-state index contributed by atoms with van der Waals surface area (Å²) in [6.07, 6.45) is -4.49. The van der Waals surface area contributed by atoms with Crippen LogP contribution in [0.4, 0.5) is 18.9 Å². The molecule has 1 amide bonds. The molecule has 0 spiro atoms. The van der Waals surface area contributed by atoms with E-state index in [0.29, 0.717) is 0 Å². The van der Waals surface area contributed by atoms with Gasteiger partial charge < -0.3 is 10.4 Å². The van der Waals surface area contributed by atoms with E-state index in [2.05, 4.69) is 15.5 Å². The summed E-state index contributed by atoms with van der Waals surface area (Å²) < 4.78 is 39.2. The molecule has 1 aliphatic rings. The summed E-state index contributed by atoms with van der Waals surface area (Å²) in [5, 5.41) is 28.7. The molecule has 144 valence electrons. The van der Waals surface area contributed by atoms with Crippen LogP contribution in [0.5, 0.6) is 5.75 Å². The third-order valence-corrected chi connectivity index (χ3v) is 4.48. The molecule has 9 heteroatoms. The predicted molar refractivity (Wildman–Crippen MR) is 93.5 cm³/mol. The van der Waals surface area contributed by atoms with Crippen LogP contribution in [0.2, 0.25) is 0 Å². The fourth-order valence-corrected chi connectivity index (χ4v) is 2.89. The number of benzene rings is 2. The molecule has 0 aromatic heterocycles. The lowest BCUT2D eigenvalue weighted by Crippen LogP contribution is -2.37. The zero-order chi connectivity index (χ0) is 20.5. The van der Waals surface area contributed by atoms with E-state index in [4.69, 9.17) is 5.26 Å². The second kappa shape index (κ2) is 6.96. The van der Waals surface area contributed by atoms with Gasteiger partial charge in [0.15, 0.2) is 5.54 Å². The molecule has 0 aliphatic carbocycles. The molecule has 0 bridgehead atoms. The lowest BCUT2D eigenvalue weighted by Gasteiger charge is -2.20. The standard InChI is InChI=1S/C19H15F3N4O2/c1-18(9-16(25-26-18)11-3-6-14(27)7-4-11)17(28)24-13-5-2-12(10-23)15(8-13)19(20,21)22/h2-8,16,27H,9H2,1H3,(H,24,28). The molecule has 2 atom stereocenters. The maximum Gasteiger partial charge on any atom is 0.417 e. The van der Waals surface area contributed by atoms with Gasteiger partial charge in [-0.15, -0.1) is 0 Å². The topological polar surface area (TPSA) is 97.8 Å². The van der Waals surface area contributed by atoms with Gasteiger partial charge in [0.05, 0.1) is 23.2 Å². The first kappa shape index (κ1) is 19.4. The predicted octanol–water partition coefficient (Wildman–Crippen LogP) is 4.58. The summed E-state index contributed by atoms with van der Waals surface area (Å²) in [5.41, 5.74) is -2.22. The van der Waals surface area contributed by atoms with Crippen molar-refractivity contribution in [2.24, 2.45) is 10.2 Å². The van der Waals surface area contributed by atoms with E-state index in [0.717, 1.165) is 17.7 Å². The van der Waals surface area contributed by atoms with Gasteiger partial charge in [-0.25, -0.2) is 0 Å². The number of phenols is 1. The van der Waals surface area contributed by atoms with Gasteiger partial charge in [-0.1, -0.05) is 12.1 Å². The van der Waals surface area contributed by atoms with Crippen molar-refractivity contribution in [1.82, 2.24) is 0 Å². The van der Waals surface area contributed by atoms with Crippen LogP contribution in [0, 0.1) is 11.3 Å². The van der Waals surface area contributed by atoms with Crippen molar-refractivity contribution in [3.63, 3.8) is 0 Å². The van der Waals surface area contributed by atoms with Gasteiger partial charge in [0.25, 0.3) is 5.91 Å². The summed E-state index contributed by atoms with van der Waals surface area (Å²) in [5.74, 6) is -0.504. The normalized spacial score (nSPS) is 21.3. The van der Waals surface area contributed by atoms with Crippen LogP contribution in [-0.2, 0) is 11.0 Å². The minimum Gasteiger partial charge on any atom is -0.508 e. The lowest BCUT2D eigenvalue weighted by molar-refractivity contribution is -0.137. The van der Waals surface area contributed by atoms with Gasteiger partial charge in [-0.05, 0) is 42.8 Å². The first-order valence-electron chi connectivity index (χ1n) is 8.26. The maximum absolute atomic E-state index is 13.1. The zero-order valence-corrected chi connectivity index (χ0v) is 14.7. The average Bonchev–Trinajstić information content (AvgIpc) is 3.05. The van der Waals surface area contributed by atoms with Crippen molar-refractivity contribution >= 4 is 11.6 Å². The molecule has 28 heavy (non-hydrogen) atoms. The Hall–Kier alpha value is -3.41. The van der Waals surface area contributed by atoms with Crippen molar-refractivity contribution < 1.29 is 23.1 Å². The number of nitrogens with zero attached hydrogens (tertiary/aromatic N) is 3. The van der Waals surface area contributed by atoms with Gasteiger partial charge in [0.1, 0.15) is 5.75 Å². The number of rotatable bonds is 3. The molecule has 0 radical (unpaired) electrons. The monoisotopic (exact) mass is 388 g/mol. The number of carbonyl (C=O) groups excluding carboxylic acids is 1. The van der Waals surface area contributed by atoms with E-state index < -0.39 is 34.8 Å². The molecule has 6 nitrogen and oxygen atoms in total. The molecule has 1 heterocycles. The Morgan fingerprint density at radius 3 is 2.57 bits per heavy atom. The second-order valence-electron chi connectivity index (χ2n) is 6.62. The van der Waals surface area contributed by atoms with Crippen LogP contribution >= 0.6 is 0 Å². The molecule has 2 aromatic carbocycles. The van der Waals surface area contributed by atoms with E-state index in [1.54, 1.807) is 19.1 Å². The van der Waals surface area contributed by atoms with Crippen molar-refractivity contribution in [3.05, 3.63) is 59.2 Å². The highest BCUT2D eigenvalue weighted by Crippen LogP contribution is 2.38. The highest BCUT2D eigenvalue weighted by molar-refractivity contribution is 5.98. The molecule has 0 saturated carbocycles. The maximum atomic E-state index is 13.1. The van der Waals surface area contributed by atoms with Crippen LogP contribution in [0.3, 0.4) is 0 Å². The Bertz CT molecular complexity index is 980. The van der Waals surface area contributed by atoms with Gasteiger partial charge in [-0.2, -0.15) is 28.7 Å². The number of nitrogens with one attached hydrogen (secondary N) is 1. The number of alkyl halides is 3. The van der Waals surface area contributed by atoms with Crippen LogP contribution in [-0.4, -0.2) is 16.6 Å². The number of carbonyl (C=O) groups is 1. The van der Waals surface area contributed by atoms with Gasteiger partial charge in [0.2, 0.25) is 0 Å². The van der Waals surface area contributed by atoms with Crippen molar-refractivity contribution in [2.75, 3.05) is 5.32 Å². The fourth-order valence-electron chi connectivity index (χ4n) is 2.89. The number of phenolic OH excluding ortho intramolecular Hbond substituents is 1. The van der Waals surface area contributed by atoms with E-state index in [-0.39, 0.29) is 17.9 Å². The Kier molecular flexibility index (Phi) is 4.81. The van der Waals surface area contributed by atoms with Crippen molar-refractivity contribution in [2.45, 2.75) is 31.1 Å². The molecule has 2 N–H and O–H groups in total. The summed E-state index contributed by atoms with van der Waals surface area (Å²) in [4.78, 5) is 12.6. The SMILES string of the molecule is CC1(C(=O)Nc2ccc(C#N)c(C(F)(F)F)c2)CC(c2ccc(O)cc2)N=N1. The number of hydrogen-bond acceptors (Lipinski definition) is 5. The van der Waals surface area contributed by atoms with Crippen LogP contribution in [0.25, 0.3) is 0 Å². The molecule has 0 saturated heterocycles. The molecule has 2 aromatic rings. The van der Waals surface area contributed by atoms with Gasteiger partial charge in [-0.3, -0.25) is 4.79 Å². The van der Waals surface area contributed by atoms with E-state index >= 15 is 0 Å². The highest BCUT2D eigenvalue weighted by atomic mass is 19.4. The number of anilines is 1. The zero-order valence-electron chi connectivity index (χ0n) is 14.7. The smallest absolute Gasteiger partial charge is 0.417 e. The van der Waals surface area contributed by atoms with Gasteiger partial charge in [0, 0.05) is 12.1 Å². The summed E-state index contributed by atoms with van der Waals surface area (Å²) in [7, 11) is 0. The number of azo groups is 1. The van der Waals surface area contributed by atoms with Crippen LogP contribution in [0.15, 0.2) is 52.7 Å². The molecule has 0 fully saturated rings. The molecule has 2 unspecified atom stereocenters. The summed E-state index contributed by atoms with van der Waals surface area (Å²) >= 11 is 0. The second-order valence-corrected chi connectivity index (χ2v) is 6.62. The third-order valence-electron chi connectivity index (χ3n) is 4.48. The molecular weight excluding hydrogens is 373 g/mol. The largest absolute Gasteiger partial charge is 0.508 e. The highest BCUT2D eigenvalue weighted by Gasteiger charge is 2.41. The molecule has 1 aliphatic heterocycles. The third kappa shape index (κ3) is 3.81. The Labute approximate surface area is 158 Å². The first-order chi connectivity index (χ1) is 13.1. The number of amides is 1. The lowest BCUT2D eigenvalue weighted by atomic mass is 9.91. The van der Waals surface area contributed by atoms with Gasteiger partial charge >= 0.3 is 6.18 Å². The van der Waals surface area contributed by atoms with E-state index in [9.17, 15) is 23.1 Å². The fraction of sp³-hybridized carbons (Fsp3) is 0.263. The number of aromatic hydroxyl groups is 1. The van der Waals surface area contributed by atoms with E-state index in [1.807, 2.05) is 0 Å². The average molecular weight is 388 g/mol. The summed E-state index contributed by atoms with van der Waals surface area (Å²) in [6.45, 7) is 1.54. The molecular formula is C19H15F3N4O2. The molecule has 3 rings (SSSR count). The van der Waals surface area contributed by atoms with Crippen molar-refractivity contribution in [3.8, 4) is 11.8 Å². The minimum absolute atomic E-state index is 0.0826. The summed E-state index contributed by atoms with van der Waals surface area (Å²) in [6, 6.07) is 10.4. The Balaban J connectivity index is 1.77. The van der Waals surface area contributed by atoms with Crippen molar-refractivity contribution in [1.29, 1.82) is 5.26 Å². The Morgan fingerprint density at radius 2 is 1.96 bits per heavy atom.